The Kier molecular flexibility index (Phi) is 7.70. The molecule has 0 unspecified atom stereocenters. The van der Waals surface area contributed by atoms with Crippen LogP contribution in [0.15, 0.2) is 42.5 Å². The lowest BCUT2D eigenvalue weighted by molar-refractivity contribution is 0.0904. The van der Waals surface area contributed by atoms with Gasteiger partial charge in [0, 0.05) is 41.6 Å². The number of likely N-dealkylation sites (tertiary alicyclic amines) is 1. The molecule has 1 aliphatic rings. The van der Waals surface area contributed by atoms with Gasteiger partial charge in [-0.05, 0) is 48.7 Å². The number of fused-ring (bicyclic) bond motifs is 1. The molecule has 1 fully saturated rings. The van der Waals surface area contributed by atoms with Crippen molar-refractivity contribution in [2.75, 3.05) is 27.3 Å². The Labute approximate surface area is 193 Å². The molecule has 166 valence electrons. The molecule has 4 rings (SSSR count). The van der Waals surface area contributed by atoms with Crippen molar-refractivity contribution in [3.05, 3.63) is 58.7 Å². The SMILES string of the molecule is COc1ccc(CN2CCC(NC(=O)c3cc4c(Cl)cccc4[nH]3)CC2)cc1OC.Cl. The summed E-state index contributed by atoms with van der Waals surface area (Å²) in [5.41, 5.74) is 2.60. The summed E-state index contributed by atoms with van der Waals surface area (Å²) < 4.78 is 10.7. The third-order valence-corrected chi connectivity index (χ3v) is 5.96. The smallest absolute Gasteiger partial charge is 0.267 e. The number of carbonyl (C=O) groups excluding carboxylic acids is 1. The van der Waals surface area contributed by atoms with Crippen LogP contribution in [0.5, 0.6) is 11.5 Å². The molecule has 2 heterocycles. The van der Waals surface area contributed by atoms with Gasteiger partial charge >= 0.3 is 0 Å². The number of aromatic nitrogens is 1. The Morgan fingerprint density at radius 1 is 1.13 bits per heavy atom. The molecule has 1 aromatic heterocycles. The Morgan fingerprint density at radius 2 is 1.87 bits per heavy atom. The van der Waals surface area contributed by atoms with Gasteiger partial charge in [0.15, 0.2) is 11.5 Å². The average Bonchev–Trinajstić information content (AvgIpc) is 3.21. The lowest BCUT2D eigenvalue weighted by atomic mass is 10.0. The number of benzene rings is 2. The predicted molar refractivity (Wildman–Crippen MR) is 126 cm³/mol. The van der Waals surface area contributed by atoms with E-state index in [1.54, 1.807) is 14.2 Å². The monoisotopic (exact) mass is 463 g/mol. The zero-order valence-electron chi connectivity index (χ0n) is 17.6. The first kappa shape index (κ1) is 23.3. The van der Waals surface area contributed by atoms with Crippen LogP contribution in [0.1, 0.15) is 28.9 Å². The first-order valence-corrected chi connectivity index (χ1v) is 10.5. The standard InChI is InChI=1S/C23H26ClN3O3.ClH/c1-29-21-7-6-15(12-22(21)30-2)14-27-10-8-16(9-11-27)25-23(28)20-13-17-18(24)4-3-5-19(17)26-20;/h3-7,12-13,16,26H,8-11,14H2,1-2H3,(H,25,28);1H. The molecule has 1 saturated heterocycles. The van der Waals surface area contributed by atoms with Gasteiger partial charge in [0.05, 0.1) is 14.2 Å². The highest BCUT2D eigenvalue weighted by Gasteiger charge is 2.22. The number of hydrogen-bond acceptors (Lipinski definition) is 4. The number of amides is 1. The Balaban J connectivity index is 0.00000272. The highest BCUT2D eigenvalue weighted by molar-refractivity contribution is 6.35. The fraction of sp³-hybridized carbons (Fsp3) is 0.348. The van der Waals surface area contributed by atoms with Gasteiger partial charge in [0.25, 0.3) is 5.91 Å². The van der Waals surface area contributed by atoms with Gasteiger partial charge in [-0.3, -0.25) is 9.69 Å². The molecule has 0 atom stereocenters. The lowest BCUT2D eigenvalue weighted by Gasteiger charge is -2.32. The summed E-state index contributed by atoms with van der Waals surface area (Å²) in [5, 5.41) is 4.67. The summed E-state index contributed by atoms with van der Waals surface area (Å²) in [5.74, 6) is 1.40. The second kappa shape index (κ2) is 10.3. The van der Waals surface area contributed by atoms with E-state index < -0.39 is 0 Å². The molecule has 2 N–H and O–H groups in total. The maximum atomic E-state index is 12.7. The molecule has 1 amide bonds. The molecule has 0 aliphatic carbocycles. The highest BCUT2D eigenvalue weighted by Crippen LogP contribution is 2.28. The number of rotatable bonds is 6. The number of ether oxygens (including phenoxy) is 2. The fourth-order valence-corrected chi connectivity index (χ4v) is 4.21. The van der Waals surface area contributed by atoms with Gasteiger partial charge in [-0.1, -0.05) is 23.7 Å². The van der Waals surface area contributed by atoms with E-state index in [4.69, 9.17) is 21.1 Å². The molecule has 0 spiro atoms. The van der Waals surface area contributed by atoms with E-state index in [0.717, 1.165) is 54.9 Å². The molecule has 3 aromatic rings. The van der Waals surface area contributed by atoms with Crippen molar-refractivity contribution in [2.24, 2.45) is 0 Å². The van der Waals surface area contributed by atoms with E-state index in [-0.39, 0.29) is 24.4 Å². The predicted octanol–water partition coefficient (Wildman–Crippen LogP) is 4.65. The van der Waals surface area contributed by atoms with Crippen LogP contribution in [-0.2, 0) is 6.54 Å². The van der Waals surface area contributed by atoms with Gasteiger partial charge in [-0.15, -0.1) is 12.4 Å². The van der Waals surface area contributed by atoms with Crippen LogP contribution in [0.2, 0.25) is 5.02 Å². The molecule has 0 bridgehead atoms. The van der Waals surface area contributed by atoms with Crippen molar-refractivity contribution in [3.63, 3.8) is 0 Å². The Hall–Kier alpha value is -2.41. The van der Waals surface area contributed by atoms with Gasteiger partial charge in [0.1, 0.15) is 5.69 Å². The fourth-order valence-electron chi connectivity index (χ4n) is 3.98. The van der Waals surface area contributed by atoms with Crippen LogP contribution < -0.4 is 14.8 Å². The quantitative estimate of drug-likeness (QED) is 0.557. The normalized spacial score (nSPS) is 14.8. The van der Waals surface area contributed by atoms with Crippen LogP contribution in [0.4, 0.5) is 0 Å². The highest BCUT2D eigenvalue weighted by atomic mass is 35.5. The van der Waals surface area contributed by atoms with E-state index in [2.05, 4.69) is 21.3 Å². The molecular weight excluding hydrogens is 437 g/mol. The van der Waals surface area contributed by atoms with Crippen LogP contribution in [0.25, 0.3) is 10.9 Å². The molecule has 8 heteroatoms. The van der Waals surface area contributed by atoms with E-state index in [9.17, 15) is 4.79 Å². The summed E-state index contributed by atoms with van der Waals surface area (Å²) in [6.07, 6.45) is 1.83. The summed E-state index contributed by atoms with van der Waals surface area (Å²) in [4.78, 5) is 18.2. The molecule has 6 nitrogen and oxygen atoms in total. The topological polar surface area (TPSA) is 66.6 Å². The number of H-pyrrole nitrogens is 1. The van der Waals surface area contributed by atoms with Crippen LogP contribution in [-0.4, -0.2) is 49.1 Å². The van der Waals surface area contributed by atoms with Crippen LogP contribution in [0, 0.1) is 0 Å². The maximum Gasteiger partial charge on any atom is 0.267 e. The summed E-state index contributed by atoms with van der Waals surface area (Å²) in [6.45, 7) is 2.71. The first-order valence-electron chi connectivity index (χ1n) is 10.1. The largest absolute Gasteiger partial charge is 0.493 e. The van der Waals surface area contributed by atoms with Gasteiger partial charge in [-0.25, -0.2) is 0 Å². The Morgan fingerprint density at radius 3 is 2.55 bits per heavy atom. The lowest BCUT2D eigenvalue weighted by Crippen LogP contribution is -2.44. The van der Waals surface area contributed by atoms with Crippen molar-refractivity contribution >= 4 is 40.8 Å². The number of nitrogens with one attached hydrogen (secondary N) is 2. The maximum absolute atomic E-state index is 12.7. The summed E-state index contributed by atoms with van der Waals surface area (Å²) in [7, 11) is 3.29. The average molecular weight is 464 g/mol. The second-order valence-corrected chi connectivity index (χ2v) is 8.00. The van der Waals surface area contributed by atoms with Crippen LogP contribution >= 0.6 is 24.0 Å². The minimum absolute atomic E-state index is 0. The van der Waals surface area contributed by atoms with Crippen LogP contribution in [0.3, 0.4) is 0 Å². The third kappa shape index (κ3) is 5.26. The van der Waals surface area contributed by atoms with Crippen molar-refractivity contribution in [2.45, 2.75) is 25.4 Å². The summed E-state index contributed by atoms with van der Waals surface area (Å²) in [6, 6.07) is 13.6. The van der Waals surface area contributed by atoms with E-state index in [1.807, 2.05) is 36.4 Å². The number of halogens is 2. The zero-order chi connectivity index (χ0) is 21.1. The van der Waals surface area contributed by atoms with Gasteiger partial charge < -0.3 is 19.8 Å². The van der Waals surface area contributed by atoms with Gasteiger partial charge in [-0.2, -0.15) is 0 Å². The minimum Gasteiger partial charge on any atom is -0.493 e. The van der Waals surface area contributed by atoms with E-state index in [0.29, 0.717) is 10.7 Å². The van der Waals surface area contributed by atoms with Gasteiger partial charge in [0.2, 0.25) is 0 Å². The zero-order valence-corrected chi connectivity index (χ0v) is 19.2. The minimum atomic E-state index is -0.0828. The first-order chi connectivity index (χ1) is 14.6. The molecule has 1 aliphatic heterocycles. The second-order valence-electron chi connectivity index (χ2n) is 7.60. The van der Waals surface area contributed by atoms with E-state index >= 15 is 0 Å². The molecular formula is C23H27Cl2N3O3. The number of methoxy groups -OCH3 is 2. The number of piperidine rings is 1. The van der Waals surface area contributed by atoms with Crippen molar-refractivity contribution in [1.29, 1.82) is 0 Å². The Bertz CT molecular complexity index is 1050. The number of nitrogens with zero attached hydrogens (tertiary/aromatic N) is 1. The summed E-state index contributed by atoms with van der Waals surface area (Å²) >= 11 is 6.21. The molecule has 31 heavy (non-hydrogen) atoms. The number of hydrogen-bond donors (Lipinski definition) is 2. The van der Waals surface area contributed by atoms with E-state index in [1.165, 1.54) is 5.56 Å². The van der Waals surface area contributed by atoms with Crippen molar-refractivity contribution in [1.82, 2.24) is 15.2 Å². The number of carbonyl (C=O) groups is 1. The molecule has 0 radical (unpaired) electrons. The number of aromatic amines is 1. The van der Waals surface area contributed by atoms with Crippen molar-refractivity contribution < 1.29 is 14.3 Å². The molecule has 2 aromatic carbocycles. The molecule has 0 saturated carbocycles. The van der Waals surface area contributed by atoms with Crippen molar-refractivity contribution in [3.8, 4) is 11.5 Å². The third-order valence-electron chi connectivity index (χ3n) is 5.63.